The van der Waals surface area contributed by atoms with E-state index in [1.165, 1.54) is 35.2 Å². The summed E-state index contributed by atoms with van der Waals surface area (Å²) < 4.78 is 33.9. The Hall–Kier alpha value is -2.74. The van der Waals surface area contributed by atoms with E-state index in [1.807, 2.05) is 19.1 Å². The molecule has 1 N–H and O–H groups in total. The fourth-order valence-electron chi connectivity index (χ4n) is 3.13. The molecule has 0 fully saturated rings. The predicted molar refractivity (Wildman–Crippen MR) is 118 cm³/mol. The van der Waals surface area contributed by atoms with Crippen LogP contribution in [0.4, 0.5) is 11.4 Å². The van der Waals surface area contributed by atoms with Gasteiger partial charge < -0.3 is 9.64 Å². The number of ether oxygens (including phenoxy) is 1. The second-order valence-electron chi connectivity index (χ2n) is 6.83. The molecule has 0 aromatic heterocycles. The largest absolute Gasteiger partial charge is 0.454 e. The number of hydrogen-bond donors (Lipinski definition) is 1. The number of carbonyl (C=O) groups excluding carboxylic acids is 1. The van der Waals surface area contributed by atoms with Gasteiger partial charge in [0.05, 0.1) is 16.3 Å². The SMILES string of the molecule is Cc1ccc2c(c1)N(C)C(=O)c1cc(NS(=O)(=O)c3cc(Cl)ccc3Cl)ccc1O2. The number of nitrogens with zero attached hydrogens (tertiary/aromatic N) is 1. The van der Waals surface area contributed by atoms with Crippen molar-refractivity contribution in [2.75, 3.05) is 16.7 Å². The molecule has 6 nitrogen and oxygen atoms in total. The molecule has 0 bridgehead atoms. The van der Waals surface area contributed by atoms with Gasteiger partial charge in [-0.25, -0.2) is 8.42 Å². The van der Waals surface area contributed by atoms with Gasteiger partial charge in [-0.3, -0.25) is 9.52 Å². The molecule has 0 spiro atoms. The molecule has 1 aliphatic rings. The number of amides is 1. The average molecular weight is 463 g/mol. The Labute approximate surface area is 184 Å². The molecule has 0 unspecified atom stereocenters. The lowest BCUT2D eigenvalue weighted by Gasteiger charge is -2.17. The number of halogens is 2. The summed E-state index contributed by atoms with van der Waals surface area (Å²) in [4.78, 5) is 14.3. The predicted octanol–water partition coefficient (Wildman–Crippen LogP) is 5.48. The van der Waals surface area contributed by atoms with Crippen LogP contribution in [0.2, 0.25) is 10.0 Å². The molecule has 0 saturated carbocycles. The van der Waals surface area contributed by atoms with Crippen LogP contribution in [0.1, 0.15) is 15.9 Å². The third kappa shape index (κ3) is 3.71. The highest BCUT2D eigenvalue weighted by molar-refractivity contribution is 7.92. The summed E-state index contributed by atoms with van der Waals surface area (Å²) in [7, 11) is -2.38. The van der Waals surface area contributed by atoms with E-state index in [4.69, 9.17) is 27.9 Å². The van der Waals surface area contributed by atoms with Crippen molar-refractivity contribution in [3.8, 4) is 11.5 Å². The second-order valence-corrected chi connectivity index (χ2v) is 9.32. The highest BCUT2D eigenvalue weighted by Gasteiger charge is 2.27. The van der Waals surface area contributed by atoms with Gasteiger partial charge in [0.25, 0.3) is 15.9 Å². The molecule has 0 saturated heterocycles. The number of nitrogens with one attached hydrogen (secondary N) is 1. The zero-order valence-corrected chi connectivity index (χ0v) is 18.3. The van der Waals surface area contributed by atoms with E-state index in [0.29, 0.717) is 17.2 Å². The highest BCUT2D eigenvalue weighted by atomic mass is 35.5. The lowest BCUT2D eigenvalue weighted by molar-refractivity contribution is 0.0993. The summed E-state index contributed by atoms with van der Waals surface area (Å²) in [5.74, 6) is 0.545. The summed E-state index contributed by atoms with van der Waals surface area (Å²) in [5.41, 5.74) is 2.03. The first kappa shape index (κ1) is 20.5. The Morgan fingerprint density at radius 1 is 0.967 bits per heavy atom. The Morgan fingerprint density at radius 3 is 2.47 bits per heavy atom. The molecule has 9 heteroatoms. The van der Waals surface area contributed by atoms with Gasteiger partial charge in [0, 0.05) is 17.8 Å². The minimum atomic E-state index is -4.02. The molecule has 0 atom stereocenters. The lowest BCUT2D eigenvalue weighted by atomic mass is 10.1. The number of sulfonamides is 1. The van der Waals surface area contributed by atoms with Crippen LogP contribution in [0.5, 0.6) is 11.5 Å². The van der Waals surface area contributed by atoms with E-state index in [2.05, 4.69) is 4.72 Å². The Morgan fingerprint density at radius 2 is 1.70 bits per heavy atom. The first-order chi connectivity index (χ1) is 14.2. The highest BCUT2D eigenvalue weighted by Crippen LogP contribution is 2.40. The van der Waals surface area contributed by atoms with Gasteiger partial charge in [-0.15, -0.1) is 0 Å². The van der Waals surface area contributed by atoms with Crippen LogP contribution >= 0.6 is 23.2 Å². The van der Waals surface area contributed by atoms with Gasteiger partial charge in [-0.2, -0.15) is 0 Å². The van der Waals surface area contributed by atoms with E-state index < -0.39 is 10.0 Å². The molecule has 30 heavy (non-hydrogen) atoms. The standard InChI is InChI=1S/C21H16Cl2N2O4S/c1-12-3-7-19-17(9-12)25(2)21(26)15-11-14(5-8-18(15)29-19)24-30(27,28)20-10-13(22)4-6-16(20)23/h3-11,24H,1-2H3. The molecule has 154 valence electrons. The molecular weight excluding hydrogens is 447 g/mol. The van der Waals surface area contributed by atoms with Crippen molar-refractivity contribution in [3.63, 3.8) is 0 Å². The van der Waals surface area contributed by atoms with Crippen LogP contribution in [-0.4, -0.2) is 21.4 Å². The van der Waals surface area contributed by atoms with Crippen LogP contribution in [0.25, 0.3) is 0 Å². The summed E-state index contributed by atoms with van der Waals surface area (Å²) in [6, 6.07) is 14.2. The molecule has 3 aromatic rings. The Balaban J connectivity index is 1.73. The Bertz CT molecular complexity index is 1290. The van der Waals surface area contributed by atoms with E-state index in [0.717, 1.165) is 5.56 Å². The number of anilines is 2. The maximum Gasteiger partial charge on any atom is 0.263 e. The van der Waals surface area contributed by atoms with Gasteiger partial charge in [0.15, 0.2) is 5.75 Å². The van der Waals surface area contributed by atoms with Crippen LogP contribution < -0.4 is 14.4 Å². The van der Waals surface area contributed by atoms with Crippen LogP contribution in [-0.2, 0) is 10.0 Å². The fraction of sp³-hybridized carbons (Fsp3) is 0.0952. The Kier molecular flexibility index (Phi) is 5.13. The van der Waals surface area contributed by atoms with Gasteiger partial charge in [0.1, 0.15) is 10.6 Å². The number of benzene rings is 3. The quantitative estimate of drug-likeness (QED) is 0.558. The average Bonchev–Trinajstić information content (AvgIpc) is 2.79. The minimum Gasteiger partial charge on any atom is -0.454 e. The van der Waals surface area contributed by atoms with Crippen molar-refractivity contribution in [3.05, 3.63) is 75.8 Å². The van der Waals surface area contributed by atoms with Gasteiger partial charge in [0.2, 0.25) is 0 Å². The van der Waals surface area contributed by atoms with Gasteiger partial charge >= 0.3 is 0 Å². The van der Waals surface area contributed by atoms with Crippen molar-refractivity contribution in [2.24, 2.45) is 0 Å². The third-order valence-corrected chi connectivity index (χ3v) is 6.74. The number of carbonyl (C=O) groups is 1. The van der Waals surface area contributed by atoms with Gasteiger partial charge in [-0.05, 0) is 61.0 Å². The molecule has 1 amide bonds. The number of rotatable bonds is 3. The lowest BCUT2D eigenvalue weighted by Crippen LogP contribution is -2.25. The molecule has 0 aliphatic carbocycles. The van der Waals surface area contributed by atoms with Crippen molar-refractivity contribution < 1.29 is 17.9 Å². The summed E-state index contributed by atoms with van der Waals surface area (Å²) in [5, 5.41) is 0.270. The first-order valence-corrected chi connectivity index (χ1v) is 11.1. The van der Waals surface area contributed by atoms with E-state index in [-0.39, 0.29) is 32.1 Å². The zero-order chi connectivity index (χ0) is 21.6. The second kappa shape index (κ2) is 7.50. The van der Waals surface area contributed by atoms with E-state index in [9.17, 15) is 13.2 Å². The zero-order valence-electron chi connectivity index (χ0n) is 15.9. The van der Waals surface area contributed by atoms with Crippen molar-refractivity contribution in [2.45, 2.75) is 11.8 Å². The van der Waals surface area contributed by atoms with Gasteiger partial charge in [-0.1, -0.05) is 29.3 Å². The first-order valence-electron chi connectivity index (χ1n) is 8.84. The third-order valence-electron chi connectivity index (χ3n) is 4.65. The number of fused-ring (bicyclic) bond motifs is 2. The molecule has 4 rings (SSSR count). The number of hydrogen-bond acceptors (Lipinski definition) is 4. The monoisotopic (exact) mass is 462 g/mol. The van der Waals surface area contributed by atoms with Crippen molar-refractivity contribution in [1.82, 2.24) is 0 Å². The topological polar surface area (TPSA) is 75.7 Å². The molecule has 1 aliphatic heterocycles. The van der Waals surface area contributed by atoms with Crippen molar-refractivity contribution >= 4 is 50.5 Å². The summed E-state index contributed by atoms with van der Waals surface area (Å²) in [6.07, 6.45) is 0. The normalized spacial score (nSPS) is 13.2. The fourth-order valence-corrected chi connectivity index (χ4v) is 4.94. The maximum atomic E-state index is 13.0. The van der Waals surface area contributed by atoms with Crippen LogP contribution in [0.15, 0.2) is 59.5 Å². The van der Waals surface area contributed by atoms with Crippen LogP contribution in [0, 0.1) is 6.92 Å². The van der Waals surface area contributed by atoms with E-state index in [1.54, 1.807) is 19.2 Å². The smallest absolute Gasteiger partial charge is 0.263 e. The minimum absolute atomic E-state index is 0.0339. The van der Waals surface area contributed by atoms with E-state index >= 15 is 0 Å². The number of aryl methyl sites for hydroxylation is 1. The summed E-state index contributed by atoms with van der Waals surface area (Å²) in [6.45, 7) is 1.92. The van der Waals surface area contributed by atoms with Crippen molar-refractivity contribution in [1.29, 1.82) is 0 Å². The van der Waals surface area contributed by atoms with Crippen LogP contribution in [0.3, 0.4) is 0 Å². The molecule has 1 heterocycles. The molecule has 3 aromatic carbocycles. The molecule has 0 radical (unpaired) electrons. The molecular formula is C21H16Cl2N2O4S. The summed E-state index contributed by atoms with van der Waals surface area (Å²) >= 11 is 11.9. The maximum absolute atomic E-state index is 13.0.